The van der Waals surface area contributed by atoms with E-state index in [1.54, 1.807) is 6.07 Å². The Labute approximate surface area is 129 Å². The van der Waals surface area contributed by atoms with Crippen molar-refractivity contribution in [3.63, 3.8) is 0 Å². The van der Waals surface area contributed by atoms with Gasteiger partial charge in [0, 0.05) is 16.2 Å². The highest BCUT2D eigenvalue weighted by molar-refractivity contribution is 9.10. The van der Waals surface area contributed by atoms with Crippen molar-refractivity contribution in [2.75, 3.05) is 0 Å². The summed E-state index contributed by atoms with van der Waals surface area (Å²) in [6, 6.07) is 8.69. The van der Waals surface area contributed by atoms with Gasteiger partial charge >= 0.3 is 0 Å². The molecule has 20 heavy (non-hydrogen) atoms. The van der Waals surface area contributed by atoms with Crippen molar-refractivity contribution >= 4 is 39.2 Å². The molecule has 0 spiro atoms. The quantitative estimate of drug-likeness (QED) is 0.597. The number of aromatic amines is 1. The molecule has 1 heterocycles. The fourth-order valence-corrected chi connectivity index (χ4v) is 2.93. The van der Waals surface area contributed by atoms with E-state index in [1.165, 1.54) is 12.1 Å². The maximum absolute atomic E-state index is 13.5. The molecule has 0 amide bonds. The van der Waals surface area contributed by atoms with E-state index < -0.39 is 0 Å². The van der Waals surface area contributed by atoms with Gasteiger partial charge in [0.15, 0.2) is 4.77 Å². The number of halogens is 2. The van der Waals surface area contributed by atoms with Crippen molar-refractivity contribution in [1.29, 1.82) is 0 Å². The Balaban J connectivity index is 2.37. The lowest BCUT2D eigenvalue weighted by Crippen LogP contribution is -1.97. The molecule has 0 fully saturated rings. The maximum Gasteiger partial charge on any atom is 0.182 e. The monoisotopic (exact) mass is 350 g/mol. The maximum atomic E-state index is 13.5. The van der Waals surface area contributed by atoms with Gasteiger partial charge in [0.05, 0.1) is 11.0 Å². The highest BCUT2D eigenvalue weighted by atomic mass is 79.9. The SMILES string of the molecule is Cc1cc(-n2c(=S)[nH]c3ccc(F)cc32)cc(C)c1Br. The van der Waals surface area contributed by atoms with Crippen LogP contribution in [0.3, 0.4) is 0 Å². The summed E-state index contributed by atoms with van der Waals surface area (Å²) >= 11 is 8.92. The highest BCUT2D eigenvalue weighted by Crippen LogP contribution is 2.27. The van der Waals surface area contributed by atoms with E-state index in [0.717, 1.165) is 32.3 Å². The molecule has 0 saturated heterocycles. The molecule has 0 saturated carbocycles. The average Bonchev–Trinajstić information content (AvgIpc) is 2.70. The number of hydrogen-bond acceptors (Lipinski definition) is 1. The molecule has 5 heteroatoms. The number of imidazole rings is 1. The Hall–Kier alpha value is -1.46. The lowest BCUT2D eigenvalue weighted by Gasteiger charge is -2.10. The van der Waals surface area contributed by atoms with Gasteiger partial charge in [-0.3, -0.25) is 4.57 Å². The molecule has 0 radical (unpaired) electrons. The Morgan fingerprint density at radius 2 is 1.80 bits per heavy atom. The number of H-pyrrole nitrogens is 1. The first-order valence-electron chi connectivity index (χ1n) is 6.15. The third-order valence-electron chi connectivity index (χ3n) is 3.32. The Morgan fingerprint density at radius 1 is 1.15 bits per heavy atom. The standard InChI is InChI=1S/C15H12BrFN2S/c1-8-5-11(6-9(2)14(8)16)19-13-7-10(17)3-4-12(13)18-15(19)20/h3-7H,1-2H3,(H,18,20). The summed E-state index contributed by atoms with van der Waals surface area (Å²) in [5.74, 6) is -0.272. The van der Waals surface area contributed by atoms with Gasteiger partial charge < -0.3 is 4.98 Å². The summed E-state index contributed by atoms with van der Waals surface area (Å²) in [4.78, 5) is 3.11. The minimum absolute atomic E-state index is 0.272. The van der Waals surface area contributed by atoms with Crippen LogP contribution in [0.1, 0.15) is 11.1 Å². The van der Waals surface area contributed by atoms with E-state index >= 15 is 0 Å². The van der Waals surface area contributed by atoms with Crippen LogP contribution in [0.25, 0.3) is 16.7 Å². The van der Waals surface area contributed by atoms with E-state index in [9.17, 15) is 4.39 Å². The number of nitrogens with one attached hydrogen (secondary N) is 1. The summed E-state index contributed by atoms with van der Waals surface area (Å²) in [5, 5.41) is 0. The number of aryl methyl sites for hydroxylation is 2. The van der Waals surface area contributed by atoms with Crippen LogP contribution in [-0.4, -0.2) is 9.55 Å². The predicted octanol–water partition coefficient (Wildman–Crippen LogP) is 5.21. The van der Waals surface area contributed by atoms with Crippen molar-refractivity contribution in [3.8, 4) is 5.69 Å². The molecule has 2 aromatic carbocycles. The molecule has 0 bridgehead atoms. The average molecular weight is 351 g/mol. The zero-order valence-corrected chi connectivity index (χ0v) is 13.4. The van der Waals surface area contributed by atoms with E-state index in [2.05, 4.69) is 20.9 Å². The van der Waals surface area contributed by atoms with Crippen LogP contribution >= 0.6 is 28.1 Å². The number of benzene rings is 2. The van der Waals surface area contributed by atoms with Gasteiger partial charge in [-0.15, -0.1) is 0 Å². The topological polar surface area (TPSA) is 20.7 Å². The van der Waals surface area contributed by atoms with Crippen molar-refractivity contribution in [1.82, 2.24) is 9.55 Å². The van der Waals surface area contributed by atoms with E-state index in [0.29, 0.717) is 4.77 Å². The number of aromatic nitrogens is 2. The number of hydrogen-bond donors (Lipinski definition) is 1. The Morgan fingerprint density at radius 3 is 2.45 bits per heavy atom. The Kier molecular flexibility index (Phi) is 3.26. The lowest BCUT2D eigenvalue weighted by atomic mass is 10.1. The molecule has 2 nitrogen and oxygen atoms in total. The minimum Gasteiger partial charge on any atom is -0.330 e. The third-order valence-corrected chi connectivity index (χ3v) is 4.86. The van der Waals surface area contributed by atoms with E-state index in [4.69, 9.17) is 12.2 Å². The van der Waals surface area contributed by atoms with Crippen molar-refractivity contribution in [2.24, 2.45) is 0 Å². The number of rotatable bonds is 1. The summed E-state index contributed by atoms with van der Waals surface area (Å²) in [6.07, 6.45) is 0. The molecule has 102 valence electrons. The van der Waals surface area contributed by atoms with Crippen LogP contribution in [0.4, 0.5) is 4.39 Å². The molecule has 3 aromatic rings. The van der Waals surface area contributed by atoms with Gasteiger partial charge in [-0.05, 0) is 61.5 Å². The second-order valence-electron chi connectivity index (χ2n) is 4.82. The summed E-state index contributed by atoms with van der Waals surface area (Å²) in [5.41, 5.74) is 4.75. The van der Waals surface area contributed by atoms with Gasteiger partial charge in [0.25, 0.3) is 0 Å². The molecule has 1 aromatic heterocycles. The van der Waals surface area contributed by atoms with Crippen LogP contribution in [0.2, 0.25) is 0 Å². The van der Waals surface area contributed by atoms with Crippen molar-refractivity contribution < 1.29 is 4.39 Å². The highest BCUT2D eigenvalue weighted by Gasteiger charge is 2.10. The first kappa shape index (κ1) is 13.5. The van der Waals surface area contributed by atoms with E-state index in [1.807, 2.05) is 30.5 Å². The number of nitrogens with zero attached hydrogens (tertiary/aromatic N) is 1. The first-order chi connectivity index (χ1) is 9.47. The minimum atomic E-state index is -0.272. The van der Waals surface area contributed by atoms with Crippen LogP contribution in [0, 0.1) is 24.4 Å². The fourth-order valence-electron chi connectivity index (χ4n) is 2.38. The summed E-state index contributed by atoms with van der Waals surface area (Å²) < 4.78 is 17.0. The van der Waals surface area contributed by atoms with Crippen LogP contribution in [0.5, 0.6) is 0 Å². The van der Waals surface area contributed by atoms with Crippen LogP contribution in [-0.2, 0) is 0 Å². The van der Waals surface area contributed by atoms with Gasteiger partial charge in [-0.2, -0.15) is 0 Å². The molecular weight excluding hydrogens is 339 g/mol. The van der Waals surface area contributed by atoms with Crippen molar-refractivity contribution in [3.05, 3.63) is 56.5 Å². The zero-order chi connectivity index (χ0) is 14.4. The van der Waals surface area contributed by atoms with Gasteiger partial charge in [-0.1, -0.05) is 15.9 Å². The first-order valence-corrected chi connectivity index (χ1v) is 7.35. The largest absolute Gasteiger partial charge is 0.330 e. The van der Waals surface area contributed by atoms with Crippen LogP contribution < -0.4 is 0 Å². The molecule has 0 aliphatic heterocycles. The molecule has 0 aliphatic carbocycles. The Bertz CT molecular complexity index is 856. The zero-order valence-electron chi connectivity index (χ0n) is 11.0. The molecule has 0 aliphatic rings. The molecule has 3 rings (SSSR count). The summed E-state index contributed by atoms with van der Waals surface area (Å²) in [6.45, 7) is 4.05. The second kappa shape index (κ2) is 4.82. The second-order valence-corrected chi connectivity index (χ2v) is 6.00. The van der Waals surface area contributed by atoms with Gasteiger partial charge in [-0.25, -0.2) is 4.39 Å². The fraction of sp³-hybridized carbons (Fsp3) is 0.133. The van der Waals surface area contributed by atoms with Gasteiger partial charge in [0.2, 0.25) is 0 Å². The molecule has 0 atom stereocenters. The number of fused-ring (bicyclic) bond motifs is 1. The smallest absolute Gasteiger partial charge is 0.182 e. The van der Waals surface area contributed by atoms with E-state index in [-0.39, 0.29) is 5.82 Å². The normalized spacial score (nSPS) is 11.2. The third kappa shape index (κ3) is 2.11. The molecule has 0 unspecified atom stereocenters. The van der Waals surface area contributed by atoms with Crippen LogP contribution in [0.15, 0.2) is 34.8 Å². The predicted molar refractivity (Wildman–Crippen MR) is 85.6 cm³/mol. The van der Waals surface area contributed by atoms with Gasteiger partial charge in [0.1, 0.15) is 5.82 Å². The molecular formula is C15H12BrFN2S. The molecule has 1 N–H and O–H groups in total. The van der Waals surface area contributed by atoms with Crippen molar-refractivity contribution in [2.45, 2.75) is 13.8 Å². The lowest BCUT2D eigenvalue weighted by molar-refractivity contribution is 0.629. The summed E-state index contributed by atoms with van der Waals surface area (Å²) in [7, 11) is 0.